The highest BCUT2D eigenvalue weighted by Crippen LogP contribution is 2.30. The first-order valence-electron chi connectivity index (χ1n) is 11.1. The Morgan fingerprint density at radius 1 is 1.06 bits per heavy atom. The van der Waals surface area contributed by atoms with Gasteiger partial charge in [0.15, 0.2) is 11.6 Å². The summed E-state index contributed by atoms with van der Waals surface area (Å²) >= 11 is 5.99. The van der Waals surface area contributed by atoms with E-state index in [1.54, 1.807) is 54.7 Å². The molecular weight excluding hydrogens is 473 g/mol. The number of pyridine rings is 1. The summed E-state index contributed by atoms with van der Waals surface area (Å²) in [6, 6.07) is 16.3. The van der Waals surface area contributed by atoms with Gasteiger partial charge in [0.25, 0.3) is 0 Å². The molecule has 1 aliphatic carbocycles. The molecule has 0 amide bonds. The zero-order valence-corrected chi connectivity index (χ0v) is 19.3. The lowest BCUT2D eigenvalue weighted by molar-refractivity contribution is 0.428. The summed E-state index contributed by atoms with van der Waals surface area (Å²) in [6.07, 6.45) is 3.50. The second-order valence-corrected chi connectivity index (χ2v) is 8.74. The van der Waals surface area contributed by atoms with Crippen LogP contribution < -0.4 is 21.4 Å². The Labute approximate surface area is 204 Å². The molecule has 5 rings (SSSR count). The maximum atomic E-state index is 14.7. The standard InChI is InChI=1S/C25H21ClFN5O3/c26-18-8-6-17(7-9-18)14-31-23(30-24(33)32(25(31)34)15-16-4-5-16)29-19-10-11-21(20(27)13-19)35-22-3-1-2-12-28-22/h1-3,6-13,16H,4-5,14-15H2,(H,29,30,33). The number of benzene rings is 2. The molecule has 178 valence electrons. The van der Waals surface area contributed by atoms with Gasteiger partial charge in [-0.3, -0.25) is 4.57 Å². The van der Waals surface area contributed by atoms with Gasteiger partial charge < -0.3 is 10.1 Å². The first kappa shape index (κ1) is 22.8. The van der Waals surface area contributed by atoms with Crippen LogP contribution in [0, 0.1) is 11.7 Å². The predicted molar refractivity (Wildman–Crippen MR) is 130 cm³/mol. The van der Waals surface area contributed by atoms with E-state index in [-0.39, 0.29) is 24.1 Å². The van der Waals surface area contributed by atoms with Crippen molar-refractivity contribution < 1.29 is 9.13 Å². The monoisotopic (exact) mass is 493 g/mol. The summed E-state index contributed by atoms with van der Waals surface area (Å²) in [5, 5.41) is 3.48. The molecule has 1 aliphatic rings. The van der Waals surface area contributed by atoms with Gasteiger partial charge in [0.2, 0.25) is 11.8 Å². The summed E-state index contributed by atoms with van der Waals surface area (Å²) in [6.45, 7) is 0.486. The van der Waals surface area contributed by atoms with Crippen LogP contribution in [0.5, 0.6) is 11.6 Å². The Hall–Kier alpha value is -3.98. The summed E-state index contributed by atoms with van der Waals surface area (Å²) in [5.74, 6) is -0.0784. The molecule has 0 unspecified atom stereocenters. The predicted octanol–water partition coefficient (Wildman–Crippen LogP) is 4.59. The van der Waals surface area contributed by atoms with Crippen LogP contribution in [-0.2, 0) is 13.1 Å². The van der Waals surface area contributed by atoms with Crippen LogP contribution in [0.1, 0.15) is 18.4 Å². The maximum absolute atomic E-state index is 14.7. The molecule has 35 heavy (non-hydrogen) atoms. The fourth-order valence-corrected chi connectivity index (χ4v) is 3.69. The van der Waals surface area contributed by atoms with Gasteiger partial charge in [-0.15, -0.1) is 0 Å². The van der Waals surface area contributed by atoms with Crippen LogP contribution >= 0.6 is 11.6 Å². The van der Waals surface area contributed by atoms with Crippen molar-refractivity contribution in [2.24, 2.45) is 5.92 Å². The van der Waals surface area contributed by atoms with Crippen LogP contribution in [0.15, 0.2) is 76.4 Å². The molecule has 0 saturated heterocycles. The number of nitrogens with one attached hydrogen (secondary N) is 1. The zero-order chi connectivity index (χ0) is 24.4. The average molecular weight is 494 g/mol. The van der Waals surface area contributed by atoms with E-state index in [4.69, 9.17) is 16.3 Å². The molecule has 1 saturated carbocycles. The third kappa shape index (κ3) is 5.41. The molecule has 2 aromatic heterocycles. The van der Waals surface area contributed by atoms with Crippen molar-refractivity contribution >= 4 is 23.2 Å². The number of ether oxygens (including phenoxy) is 1. The van der Waals surface area contributed by atoms with E-state index in [2.05, 4.69) is 15.3 Å². The van der Waals surface area contributed by atoms with Gasteiger partial charge in [-0.05, 0) is 54.7 Å². The molecule has 0 aliphatic heterocycles. The fraction of sp³-hybridized carbons (Fsp3) is 0.200. The average Bonchev–Trinajstić information content (AvgIpc) is 3.67. The highest BCUT2D eigenvalue weighted by atomic mass is 35.5. The molecule has 0 spiro atoms. The van der Waals surface area contributed by atoms with Crippen LogP contribution in [0.4, 0.5) is 16.0 Å². The Morgan fingerprint density at radius 3 is 2.54 bits per heavy atom. The van der Waals surface area contributed by atoms with E-state index in [9.17, 15) is 14.0 Å². The molecular formula is C25H21ClFN5O3. The minimum absolute atomic E-state index is 0.0133. The van der Waals surface area contributed by atoms with Crippen molar-refractivity contribution in [3.8, 4) is 11.6 Å². The lowest BCUT2D eigenvalue weighted by Crippen LogP contribution is -2.43. The molecule has 1 N–H and O–H groups in total. The van der Waals surface area contributed by atoms with Crippen LogP contribution in [-0.4, -0.2) is 19.1 Å². The molecule has 4 aromatic rings. The van der Waals surface area contributed by atoms with E-state index < -0.39 is 17.2 Å². The molecule has 0 atom stereocenters. The Balaban J connectivity index is 1.47. The summed E-state index contributed by atoms with van der Waals surface area (Å²) in [7, 11) is 0. The second kappa shape index (κ2) is 9.71. The summed E-state index contributed by atoms with van der Waals surface area (Å²) < 4.78 is 22.7. The van der Waals surface area contributed by atoms with Gasteiger partial charge in [0, 0.05) is 35.6 Å². The number of aromatic nitrogens is 4. The number of hydrogen-bond acceptors (Lipinski definition) is 6. The quantitative estimate of drug-likeness (QED) is 0.386. The van der Waals surface area contributed by atoms with E-state index in [1.807, 2.05) is 0 Å². The largest absolute Gasteiger partial charge is 0.436 e. The Bertz CT molecular complexity index is 1470. The molecule has 2 heterocycles. The van der Waals surface area contributed by atoms with Gasteiger partial charge in [0.05, 0.1) is 6.54 Å². The molecule has 8 nitrogen and oxygen atoms in total. The van der Waals surface area contributed by atoms with Crippen LogP contribution in [0.3, 0.4) is 0 Å². The van der Waals surface area contributed by atoms with Crippen molar-refractivity contribution in [2.45, 2.75) is 25.9 Å². The van der Waals surface area contributed by atoms with E-state index in [0.717, 1.165) is 23.0 Å². The Kier molecular flexibility index (Phi) is 6.33. The van der Waals surface area contributed by atoms with Gasteiger partial charge in [-0.2, -0.15) is 4.98 Å². The van der Waals surface area contributed by atoms with Crippen molar-refractivity contribution in [3.63, 3.8) is 0 Å². The van der Waals surface area contributed by atoms with Crippen molar-refractivity contribution in [3.05, 3.63) is 104 Å². The SMILES string of the molecule is O=c1nc(Nc2ccc(Oc3ccccn3)c(F)c2)n(Cc2ccc(Cl)cc2)c(=O)n1CC1CC1. The summed E-state index contributed by atoms with van der Waals surface area (Å²) in [4.78, 5) is 34.1. The van der Waals surface area contributed by atoms with E-state index in [1.165, 1.54) is 16.7 Å². The van der Waals surface area contributed by atoms with Crippen molar-refractivity contribution in [1.82, 2.24) is 19.1 Å². The lowest BCUT2D eigenvalue weighted by Gasteiger charge is -2.16. The van der Waals surface area contributed by atoms with Crippen molar-refractivity contribution in [1.29, 1.82) is 0 Å². The number of hydrogen-bond donors (Lipinski definition) is 1. The van der Waals surface area contributed by atoms with Crippen LogP contribution in [0.2, 0.25) is 5.02 Å². The summed E-state index contributed by atoms with van der Waals surface area (Å²) in [5.41, 5.74) is -0.0347. The maximum Gasteiger partial charge on any atom is 0.354 e. The molecule has 2 aromatic carbocycles. The van der Waals surface area contributed by atoms with E-state index >= 15 is 0 Å². The number of nitrogens with zero attached hydrogens (tertiary/aromatic N) is 4. The highest BCUT2D eigenvalue weighted by molar-refractivity contribution is 6.30. The van der Waals surface area contributed by atoms with Crippen LogP contribution in [0.25, 0.3) is 0 Å². The number of halogens is 2. The fourth-order valence-electron chi connectivity index (χ4n) is 3.57. The smallest absolute Gasteiger partial charge is 0.354 e. The minimum Gasteiger partial charge on any atom is -0.436 e. The van der Waals surface area contributed by atoms with Gasteiger partial charge in [-0.1, -0.05) is 29.8 Å². The molecule has 10 heteroatoms. The molecule has 1 fully saturated rings. The topological polar surface area (TPSA) is 91.0 Å². The van der Waals surface area contributed by atoms with E-state index in [0.29, 0.717) is 23.2 Å². The highest BCUT2D eigenvalue weighted by Gasteiger charge is 2.25. The van der Waals surface area contributed by atoms with Gasteiger partial charge in [0.1, 0.15) is 0 Å². The third-order valence-corrected chi connectivity index (χ3v) is 5.83. The lowest BCUT2D eigenvalue weighted by atomic mass is 10.2. The third-order valence-electron chi connectivity index (χ3n) is 5.58. The minimum atomic E-state index is -0.646. The Morgan fingerprint density at radius 2 is 1.86 bits per heavy atom. The second-order valence-electron chi connectivity index (χ2n) is 8.31. The first-order chi connectivity index (χ1) is 17.0. The normalized spacial score (nSPS) is 13.0. The molecule has 0 bridgehead atoms. The first-order valence-corrected chi connectivity index (χ1v) is 11.5. The number of anilines is 2. The van der Waals surface area contributed by atoms with Crippen molar-refractivity contribution in [2.75, 3.05) is 5.32 Å². The zero-order valence-electron chi connectivity index (χ0n) is 18.5. The van der Waals surface area contributed by atoms with Gasteiger partial charge >= 0.3 is 11.4 Å². The van der Waals surface area contributed by atoms with Gasteiger partial charge in [-0.25, -0.2) is 23.5 Å². The molecule has 0 radical (unpaired) electrons. The number of rotatable bonds is 8.